The first-order valence-corrected chi connectivity index (χ1v) is 15.5. The Bertz CT molecular complexity index is 2360. The van der Waals surface area contributed by atoms with Gasteiger partial charge in [0.1, 0.15) is 11.2 Å². The zero-order chi connectivity index (χ0) is 27.7. The fraction of sp³-hybridized carbons (Fsp3) is 0.0526. The maximum absolute atomic E-state index is 6.21. The number of benzene rings is 5. The summed E-state index contributed by atoms with van der Waals surface area (Å²) in [6.07, 6.45) is 6.27. The van der Waals surface area contributed by atoms with Crippen LogP contribution in [0.1, 0.15) is 22.9 Å². The van der Waals surface area contributed by atoms with Crippen molar-refractivity contribution in [1.29, 1.82) is 0 Å². The highest BCUT2D eigenvalue weighted by atomic mass is 32.1. The van der Waals surface area contributed by atoms with E-state index in [1.165, 1.54) is 79.3 Å². The Hall–Kier alpha value is -4.44. The topological polar surface area (TPSA) is 13.1 Å². The molecule has 196 valence electrons. The van der Waals surface area contributed by atoms with Crippen LogP contribution in [0.15, 0.2) is 108 Å². The molecule has 0 aliphatic heterocycles. The van der Waals surface area contributed by atoms with E-state index in [0.717, 1.165) is 11.2 Å². The summed E-state index contributed by atoms with van der Waals surface area (Å²) in [5.41, 5.74) is 9.36. The lowest BCUT2D eigenvalue weighted by molar-refractivity contribution is 0.669. The smallest absolute Gasteiger partial charge is 0.135 e. The first kappa shape index (κ1) is 24.4. The molecule has 0 saturated heterocycles. The van der Waals surface area contributed by atoms with Gasteiger partial charge in [0, 0.05) is 45.9 Å². The highest BCUT2D eigenvalue weighted by Crippen LogP contribution is 2.46. The second kappa shape index (κ2) is 9.31. The molecule has 0 amide bonds. The molecule has 1 nitrogen and oxygen atoms in total. The molecule has 0 unspecified atom stereocenters. The third kappa shape index (κ3) is 3.66. The lowest BCUT2D eigenvalue weighted by Gasteiger charge is -2.10. The quantitative estimate of drug-likeness (QED) is 0.208. The van der Waals surface area contributed by atoms with Crippen LogP contribution in [0, 0.1) is 6.92 Å². The van der Waals surface area contributed by atoms with E-state index in [2.05, 4.69) is 124 Å². The van der Waals surface area contributed by atoms with Gasteiger partial charge in [0.15, 0.2) is 0 Å². The van der Waals surface area contributed by atoms with Crippen molar-refractivity contribution in [3.05, 3.63) is 120 Å². The van der Waals surface area contributed by atoms with Gasteiger partial charge in [-0.1, -0.05) is 85.5 Å². The second-order valence-electron chi connectivity index (χ2n) is 10.5. The highest BCUT2D eigenvalue weighted by Gasteiger charge is 2.18. The Kier molecular flexibility index (Phi) is 5.53. The average molecular weight is 563 g/mol. The third-order valence-corrected chi connectivity index (χ3v) is 10.5. The summed E-state index contributed by atoms with van der Waals surface area (Å²) in [6.45, 7) is 8.29. The molecule has 8 aromatic rings. The predicted octanol–water partition coefficient (Wildman–Crippen LogP) is 12.5. The summed E-state index contributed by atoms with van der Waals surface area (Å²) in [5, 5.41) is 6.28. The van der Waals surface area contributed by atoms with Crippen molar-refractivity contribution in [3.63, 3.8) is 0 Å². The number of allylic oxidation sites excluding steroid dienone is 1. The number of thiophene rings is 2. The maximum Gasteiger partial charge on any atom is 0.135 e. The number of rotatable bonds is 4. The minimum Gasteiger partial charge on any atom is -0.456 e. The Balaban J connectivity index is 1.38. The van der Waals surface area contributed by atoms with E-state index >= 15 is 0 Å². The molecule has 0 fully saturated rings. The van der Waals surface area contributed by atoms with E-state index in [1.54, 1.807) is 0 Å². The zero-order valence-corrected chi connectivity index (χ0v) is 24.5. The molecule has 3 heteroatoms. The van der Waals surface area contributed by atoms with Gasteiger partial charge >= 0.3 is 0 Å². The average Bonchev–Trinajstić information content (AvgIpc) is 3.68. The molecule has 0 atom stereocenters. The normalized spacial score (nSPS) is 12.1. The van der Waals surface area contributed by atoms with E-state index in [0.29, 0.717) is 0 Å². The number of aryl methyl sites for hydroxylation is 1. The van der Waals surface area contributed by atoms with E-state index in [9.17, 15) is 0 Å². The van der Waals surface area contributed by atoms with E-state index in [4.69, 9.17) is 4.42 Å². The van der Waals surface area contributed by atoms with E-state index in [1.807, 2.05) is 28.7 Å². The Morgan fingerprint density at radius 1 is 0.683 bits per heavy atom. The SMILES string of the molecule is C=Cc1sc2cc(-c3ccc(-c4ccc5oc6cccc(C)c6c5c4)c4c3sc3ccccc34)ccc2c1/C=C\C. The lowest BCUT2D eigenvalue weighted by atomic mass is 9.93. The maximum atomic E-state index is 6.21. The summed E-state index contributed by atoms with van der Waals surface area (Å²) in [7, 11) is 0. The molecule has 3 aromatic heterocycles. The van der Waals surface area contributed by atoms with Crippen molar-refractivity contribution in [1.82, 2.24) is 0 Å². The van der Waals surface area contributed by atoms with Gasteiger partial charge in [0.2, 0.25) is 0 Å². The number of furan rings is 1. The van der Waals surface area contributed by atoms with E-state index in [-0.39, 0.29) is 0 Å². The van der Waals surface area contributed by atoms with Crippen LogP contribution in [0.25, 0.3) is 86.6 Å². The minimum atomic E-state index is 0.932. The molecule has 41 heavy (non-hydrogen) atoms. The first-order valence-electron chi connectivity index (χ1n) is 13.8. The van der Waals surface area contributed by atoms with Gasteiger partial charge in [-0.05, 0) is 77.6 Å². The van der Waals surface area contributed by atoms with Gasteiger partial charge in [-0.2, -0.15) is 0 Å². The fourth-order valence-electron chi connectivity index (χ4n) is 6.26. The standard InChI is InChI=1S/C38H26OS2/c1-4-9-27-28-16-14-24(21-35(28)40-33(27)5-2)26-18-17-25(37-29-11-6-7-13-34(29)41-38(26)37)23-15-19-31-30(20-23)36-22(3)10-8-12-32(36)39-31/h4-21H,2H2,1,3H3/b9-4-. The molecule has 3 heterocycles. The minimum absolute atomic E-state index is 0.932. The third-order valence-electron chi connectivity index (χ3n) is 8.13. The second-order valence-corrected chi connectivity index (χ2v) is 12.7. The highest BCUT2D eigenvalue weighted by molar-refractivity contribution is 7.26. The molecule has 0 radical (unpaired) electrons. The van der Waals surface area contributed by atoms with Crippen molar-refractivity contribution >= 4 is 87.0 Å². The Morgan fingerprint density at radius 2 is 1.51 bits per heavy atom. The summed E-state index contributed by atoms with van der Waals surface area (Å²) >= 11 is 3.70. The van der Waals surface area contributed by atoms with Gasteiger partial charge in [0.05, 0.1) is 0 Å². The summed E-state index contributed by atoms with van der Waals surface area (Å²) < 4.78 is 10.1. The number of hydrogen-bond acceptors (Lipinski definition) is 3. The number of hydrogen-bond donors (Lipinski definition) is 0. The van der Waals surface area contributed by atoms with Crippen LogP contribution in [0.2, 0.25) is 0 Å². The molecular weight excluding hydrogens is 537 g/mol. The van der Waals surface area contributed by atoms with E-state index < -0.39 is 0 Å². The van der Waals surface area contributed by atoms with Crippen LogP contribution in [0.4, 0.5) is 0 Å². The molecule has 8 rings (SSSR count). The van der Waals surface area contributed by atoms with Crippen molar-refractivity contribution < 1.29 is 4.42 Å². The molecule has 0 aliphatic rings. The van der Waals surface area contributed by atoms with Gasteiger partial charge in [-0.3, -0.25) is 0 Å². The van der Waals surface area contributed by atoms with Crippen LogP contribution in [0.3, 0.4) is 0 Å². The molecule has 0 bridgehead atoms. The molecule has 0 saturated carbocycles. The Morgan fingerprint density at radius 3 is 2.39 bits per heavy atom. The lowest BCUT2D eigenvalue weighted by Crippen LogP contribution is -1.84. The van der Waals surface area contributed by atoms with Crippen LogP contribution in [-0.4, -0.2) is 0 Å². The van der Waals surface area contributed by atoms with Crippen molar-refractivity contribution in [3.8, 4) is 22.3 Å². The van der Waals surface area contributed by atoms with Gasteiger partial charge in [-0.25, -0.2) is 0 Å². The molecule has 0 spiro atoms. The van der Waals surface area contributed by atoms with Crippen LogP contribution < -0.4 is 0 Å². The fourth-order valence-corrected chi connectivity index (χ4v) is 8.61. The van der Waals surface area contributed by atoms with Crippen molar-refractivity contribution in [2.45, 2.75) is 13.8 Å². The van der Waals surface area contributed by atoms with Crippen LogP contribution in [-0.2, 0) is 0 Å². The van der Waals surface area contributed by atoms with Crippen LogP contribution >= 0.6 is 22.7 Å². The summed E-state index contributed by atoms with van der Waals surface area (Å²) in [4.78, 5) is 1.22. The van der Waals surface area contributed by atoms with Crippen molar-refractivity contribution in [2.24, 2.45) is 0 Å². The largest absolute Gasteiger partial charge is 0.456 e. The monoisotopic (exact) mass is 562 g/mol. The Labute approximate surface area is 246 Å². The molecule has 0 N–H and O–H groups in total. The van der Waals surface area contributed by atoms with Crippen molar-refractivity contribution in [2.75, 3.05) is 0 Å². The number of fused-ring (bicyclic) bond motifs is 7. The zero-order valence-electron chi connectivity index (χ0n) is 22.8. The van der Waals surface area contributed by atoms with Gasteiger partial charge in [-0.15, -0.1) is 22.7 Å². The molecule has 5 aromatic carbocycles. The molecule has 0 aliphatic carbocycles. The summed E-state index contributed by atoms with van der Waals surface area (Å²) in [5.74, 6) is 0. The molecular formula is C38H26OS2. The van der Waals surface area contributed by atoms with Gasteiger partial charge in [0.25, 0.3) is 0 Å². The summed E-state index contributed by atoms with van der Waals surface area (Å²) in [6, 6.07) is 33.3. The van der Waals surface area contributed by atoms with Crippen LogP contribution in [0.5, 0.6) is 0 Å². The van der Waals surface area contributed by atoms with Gasteiger partial charge < -0.3 is 4.42 Å². The first-order chi connectivity index (χ1) is 20.1. The predicted molar refractivity (Wildman–Crippen MR) is 182 cm³/mol.